The third kappa shape index (κ3) is 3.92. The van der Waals surface area contributed by atoms with Gasteiger partial charge in [0.05, 0.1) is 0 Å². The molecule has 1 aliphatic heterocycles. The lowest BCUT2D eigenvalue weighted by Crippen LogP contribution is -2.50. The number of carbonyl (C=O) groups is 1. The van der Waals surface area contributed by atoms with Crippen molar-refractivity contribution in [1.82, 2.24) is 9.91 Å². The van der Waals surface area contributed by atoms with Crippen LogP contribution in [0.1, 0.15) is 30.9 Å². The molecule has 0 spiro atoms. The van der Waals surface area contributed by atoms with Crippen molar-refractivity contribution in [3.63, 3.8) is 0 Å². The van der Waals surface area contributed by atoms with E-state index in [0.29, 0.717) is 19.0 Å². The van der Waals surface area contributed by atoms with Gasteiger partial charge in [-0.1, -0.05) is 38.1 Å². The van der Waals surface area contributed by atoms with Crippen LogP contribution in [-0.2, 0) is 4.79 Å². The molecule has 1 aromatic rings. The summed E-state index contributed by atoms with van der Waals surface area (Å²) in [5.74, 6) is 6.27. The van der Waals surface area contributed by atoms with Gasteiger partial charge in [-0.05, 0) is 23.1 Å². The van der Waals surface area contributed by atoms with Gasteiger partial charge in [0.15, 0.2) is 0 Å². The van der Waals surface area contributed by atoms with Gasteiger partial charge in [-0.25, -0.2) is 5.01 Å². The summed E-state index contributed by atoms with van der Waals surface area (Å²) in [5.41, 5.74) is 2.37. The average Bonchev–Trinajstić information content (AvgIpc) is 2.46. The van der Waals surface area contributed by atoms with Gasteiger partial charge in [-0.15, -0.1) is 0 Å². The van der Waals surface area contributed by atoms with Crippen molar-refractivity contribution in [2.24, 2.45) is 5.84 Å². The second kappa shape index (κ2) is 6.68. The second-order valence-electron chi connectivity index (χ2n) is 5.52. The molecule has 20 heavy (non-hydrogen) atoms. The third-order valence-corrected chi connectivity index (χ3v) is 3.65. The zero-order valence-electron chi connectivity index (χ0n) is 12.2. The van der Waals surface area contributed by atoms with E-state index in [4.69, 9.17) is 5.84 Å². The van der Waals surface area contributed by atoms with Gasteiger partial charge in [0.2, 0.25) is 5.91 Å². The highest BCUT2D eigenvalue weighted by Crippen LogP contribution is 2.15. The predicted octanol–water partition coefficient (Wildman–Crippen LogP) is 1.84. The largest absolute Gasteiger partial charge is 0.336 e. The number of nitrogens with two attached hydrogens (primary N) is 1. The first kappa shape index (κ1) is 14.8. The highest BCUT2D eigenvalue weighted by molar-refractivity contribution is 5.91. The monoisotopic (exact) mass is 273 g/mol. The van der Waals surface area contributed by atoms with Gasteiger partial charge in [0, 0.05) is 32.3 Å². The number of piperazine rings is 1. The Morgan fingerprint density at radius 3 is 2.30 bits per heavy atom. The third-order valence-electron chi connectivity index (χ3n) is 3.65. The van der Waals surface area contributed by atoms with Gasteiger partial charge in [-0.2, -0.15) is 0 Å². The van der Waals surface area contributed by atoms with Crippen LogP contribution in [0.5, 0.6) is 0 Å². The minimum atomic E-state index is 0.0611. The van der Waals surface area contributed by atoms with E-state index in [1.165, 1.54) is 5.56 Å². The van der Waals surface area contributed by atoms with E-state index < -0.39 is 0 Å². The Morgan fingerprint density at radius 1 is 1.15 bits per heavy atom. The van der Waals surface area contributed by atoms with Crippen LogP contribution >= 0.6 is 0 Å². The molecule has 0 aliphatic carbocycles. The van der Waals surface area contributed by atoms with Crippen molar-refractivity contribution in [2.75, 3.05) is 26.2 Å². The molecule has 0 atom stereocenters. The SMILES string of the molecule is CC(C)c1ccc(/C=C/C(=O)N2CCN(N)CC2)cc1. The van der Waals surface area contributed by atoms with Crippen molar-refractivity contribution < 1.29 is 4.79 Å². The Hall–Kier alpha value is -1.65. The number of benzene rings is 1. The second-order valence-corrected chi connectivity index (χ2v) is 5.52. The normalized spacial score (nSPS) is 17.1. The van der Waals surface area contributed by atoms with Gasteiger partial charge >= 0.3 is 0 Å². The predicted molar refractivity (Wildman–Crippen MR) is 81.9 cm³/mol. The summed E-state index contributed by atoms with van der Waals surface area (Å²) in [6, 6.07) is 8.33. The fourth-order valence-corrected chi connectivity index (χ4v) is 2.21. The van der Waals surface area contributed by atoms with Crippen LogP contribution in [-0.4, -0.2) is 42.0 Å². The Balaban J connectivity index is 1.93. The molecule has 1 heterocycles. The molecule has 1 aliphatic rings. The Labute approximate surface area is 120 Å². The van der Waals surface area contributed by atoms with E-state index in [9.17, 15) is 4.79 Å². The first-order valence-electron chi connectivity index (χ1n) is 7.13. The standard InChI is InChI=1S/C16H23N3O/c1-13(2)15-6-3-14(4-7-15)5-8-16(20)18-9-11-19(17)12-10-18/h3-8,13H,9-12,17H2,1-2H3/b8-5+. The molecule has 4 heteroatoms. The molecule has 108 valence electrons. The number of amides is 1. The van der Waals surface area contributed by atoms with Crippen LogP contribution in [0.3, 0.4) is 0 Å². The molecule has 0 bridgehead atoms. The molecule has 0 unspecified atom stereocenters. The van der Waals surface area contributed by atoms with E-state index in [2.05, 4.69) is 38.1 Å². The number of hydrazine groups is 1. The number of hydrogen-bond acceptors (Lipinski definition) is 3. The fraction of sp³-hybridized carbons (Fsp3) is 0.438. The lowest BCUT2D eigenvalue weighted by Gasteiger charge is -2.31. The molecule has 1 fully saturated rings. The molecule has 1 amide bonds. The van der Waals surface area contributed by atoms with Crippen molar-refractivity contribution in [2.45, 2.75) is 19.8 Å². The summed E-state index contributed by atoms with van der Waals surface area (Å²) in [6.07, 6.45) is 3.53. The average molecular weight is 273 g/mol. The number of rotatable bonds is 3. The minimum Gasteiger partial charge on any atom is -0.336 e. The molecule has 1 saturated heterocycles. The van der Waals surface area contributed by atoms with E-state index in [1.807, 2.05) is 11.0 Å². The Bertz CT molecular complexity index is 471. The zero-order chi connectivity index (χ0) is 14.5. The quantitative estimate of drug-likeness (QED) is 0.675. The van der Waals surface area contributed by atoms with Gasteiger partial charge < -0.3 is 4.90 Å². The number of nitrogens with zero attached hydrogens (tertiary/aromatic N) is 2. The topological polar surface area (TPSA) is 49.6 Å². The van der Waals surface area contributed by atoms with Crippen molar-refractivity contribution >= 4 is 12.0 Å². The summed E-state index contributed by atoms with van der Waals surface area (Å²) in [5, 5.41) is 1.75. The lowest BCUT2D eigenvalue weighted by molar-refractivity contribution is -0.127. The van der Waals surface area contributed by atoms with Gasteiger partial charge in [0.25, 0.3) is 0 Å². The van der Waals surface area contributed by atoms with Crippen molar-refractivity contribution in [3.8, 4) is 0 Å². The summed E-state index contributed by atoms with van der Waals surface area (Å²) in [6.45, 7) is 7.22. The van der Waals surface area contributed by atoms with E-state index in [-0.39, 0.29) is 5.91 Å². The molecule has 2 rings (SSSR count). The van der Waals surface area contributed by atoms with Gasteiger partial charge in [0.1, 0.15) is 0 Å². The van der Waals surface area contributed by atoms with Crippen LogP contribution in [0.15, 0.2) is 30.3 Å². The Morgan fingerprint density at radius 2 is 1.75 bits per heavy atom. The summed E-state index contributed by atoms with van der Waals surface area (Å²) in [7, 11) is 0. The summed E-state index contributed by atoms with van der Waals surface area (Å²) < 4.78 is 0. The smallest absolute Gasteiger partial charge is 0.246 e. The minimum absolute atomic E-state index is 0.0611. The van der Waals surface area contributed by atoms with E-state index in [1.54, 1.807) is 11.1 Å². The Kier molecular flexibility index (Phi) is 4.93. The first-order chi connectivity index (χ1) is 9.56. The maximum atomic E-state index is 12.0. The highest BCUT2D eigenvalue weighted by Gasteiger charge is 2.16. The van der Waals surface area contributed by atoms with Crippen molar-refractivity contribution in [3.05, 3.63) is 41.5 Å². The van der Waals surface area contributed by atoms with E-state index in [0.717, 1.165) is 18.7 Å². The van der Waals surface area contributed by atoms with E-state index >= 15 is 0 Å². The number of carbonyl (C=O) groups excluding carboxylic acids is 1. The maximum Gasteiger partial charge on any atom is 0.246 e. The molecular weight excluding hydrogens is 250 g/mol. The summed E-state index contributed by atoms with van der Waals surface area (Å²) in [4.78, 5) is 13.9. The molecule has 4 nitrogen and oxygen atoms in total. The molecular formula is C16H23N3O. The molecule has 0 aromatic heterocycles. The molecule has 1 aromatic carbocycles. The summed E-state index contributed by atoms with van der Waals surface area (Å²) >= 11 is 0. The van der Waals surface area contributed by atoms with Crippen LogP contribution in [0.2, 0.25) is 0 Å². The van der Waals surface area contributed by atoms with Crippen LogP contribution in [0.25, 0.3) is 6.08 Å². The van der Waals surface area contributed by atoms with Crippen LogP contribution in [0, 0.1) is 0 Å². The molecule has 2 N–H and O–H groups in total. The van der Waals surface area contributed by atoms with Gasteiger partial charge in [-0.3, -0.25) is 10.6 Å². The zero-order valence-corrected chi connectivity index (χ0v) is 12.2. The van der Waals surface area contributed by atoms with Crippen LogP contribution < -0.4 is 5.84 Å². The van der Waals surface area contributed by atoms with Crippen LogP contribution in [0.4, 0.5) is 0 Å². The highest BCUT2D eigenvalue weighted by atomic mass is 16.2. The first-order valence-corrected chi connectivity index (χ1v) is 7.13. The molecule has 0 radical (unpaired) electrons. The van der Waals surface area contributed by atoms with Crippen molar-refractivity contribution in [1.29, 1.82) is 0 Å². The number of hydrogen-bond donors (Lipinski definition) is 1. The molecule has 0 saturated carbocycles. The fourth-order valence-electron chi connectivity index (χ4n) is 2.21. The maximum absolute atomic E-state index is 12.0. The lowest BCUT2D eigenvalue weighted by atomic mass is 10.0.